The largest absolute Gasteiger partial charge is 0.492 e. The predicted molar refractivity (Wildman–Crippen MR) is 102 cm³/mol. The monoisotopic (exact) mass is 336 g/mol. The van der Waals surface area contributed by atoms with Crippen molar-refractivity contribution in [2.24, 2.45) is 0 Å². The van der Waals surface area contributed by atoms with Crippen LogP contribution in [0.5, 0.6) is 5.75 Å². The molecular formula is C22H28N2O. The fraction of sp³-hybridized carbons (Fsp3) is 0.500. The van der Waals surface area contributed by atoms with Crippen molar-refractivity contribution in [2.75, 3.05) is 26.2 Å². The Morgan fingerprint density at radius 2 is 1.72 bits per heavy atom. The molecule has 1 aliphatic heterocycles. The van der Waals surface area contributed by atoms with Gasteiger partial charge in [0, 0.05) is 18.3 Å². The summed E-state index contributed by atoms with van der Waals surface area (Å²) in [6, 6.07) is 10.6. The number of likely N-dealkylation sites (tertiary alicyclic amines) is 1. The summed E-state index contributed by atoms with van der Waals surface area (Å²) in [7, 11) is 0. The minimum Gasteiger partial charge on any atom is -0.492 e. The summed E-state index contributed by atoms with van der Waals surface area (Å²) >= 11 is 0. The molecule has 4 rings (SSSR count). The Hall–Kier alpha value is -1.87. The number of fused-ring (bicyclic) bond motifs is 1. The van der Waals surface area contributed by atoms with Gasteiger partial charge in [0.2, 0.25) is 0 Å². The van der Waals surface area contributed by atoms with Gasteiger partial charge < -0.3 is 4.74 Å². The lowest BCUT2D eigenvalue weighted by molar-refractivity contribution is 0.236. The highest BCUT2D eigenvalue weighted by atomic mass is 16.5. The Kier molecular flexibility index (Phi) is 5.31. The van der Waals surface area contributed by atoms with Gasteiger partial charge in [0.25, 0.3) is 0 Å². The van der Waals surface area contributed by atoms with E-state index in [2.05, 4.69) is 34.1 Å². The van der Waals surface area contributed by atoms with Crippen LogP contribution in [0.2, 0.25) is 0 Å². The molecule has 25 heavy (non-hydrogen) atoms. The Labute approximate surface area is 151 Å². The summed E-state index contributed by atoms with van der Waals surface area (Å²) in [5.74, 6) is 1.11. The van der Waals surface area contributed by atoms with E-state index in [1.165, 1.54) is 61.9 Å². The molecule has 0 atom stereocenters. The molecule has 1 aromatic heterocycles. The topological polar surface area (TPSA) is 25.4 Å². The van der Waals surface area contributed by atoms with Gasteiger partial charge in [-0.3, -0.25) is 9.88 Å². The molecule has 0 spiro atoms. The van der Waals surface area contributed by atoms with E-state index in [1.54, 1.807) is 0 Å². The minimum atomic E-state index is 0.801. The lowest BCUT2D eigenvalue weighted by Gasteiger charge is -2.19. The summed E-state index contributed by atoms with van der Waals surface area (Å²) in [4.78, 5) is 7.10. The summed E-state index contributed by atoms with van der Waals surface area (Å²) in [6.07, 6.45) is 10.7. The number of aromatic nitrogens is 1. The smallest absolute Gasteiger partial charge is 0.122 e. The highest BCUT2D eigenvalue weighted by Gasteiger charge is 2.19. The van der Waals surface area contributed by atoms with Crippen molar-refractivity contribution in [3.63, 3.8) is 0 Å². The Morgan fingerprint density at radius 1 is 0.880 bits per heavy atom. The van der Waals surface area contributed by atoms with E-state index in [-0.39, 0.29) is 0 Å². The average molecular weight is 336 g/mol. The third-order valence-electron chi connectivity index (χ3n) is 5.55. The number of pyridine rings is 1. The van der Waals surface area contributed by atoms with Crippen molar-refractivity contribution < 1.29 is 4.74 Å². The summed E-state index contributed by atoms with van der Waals surface area (Å²) < 4.78 is 6.25. The fourth-order valence-corrected chi connectivity index (χ4v) is 4.20. The van der Waals surface area contributed by atoms with Gasteiger partial charge in [0.15, 0.2) is 0 Å². The molecule has 2 aliphatic rings. The molecule has 3 nitrogen and oxygen atoms in total. The highest BCUT2D eigenvalue weighted by molar-refractivity contribution is 5.68. The SMILES string of the molecule is c1ccc(-c2ccc(OCCN3CCCC3)c3c2CCCCC3)nc1. The van der Waals surface area contributed by atoms with Crippen LogP contribution in [0.4, 0.5) is 0 Å². The van der Waals surface area contributed by atoms with E-state index in [0.29, 0.717) is 0 Å². The zero-order valence-corrected chi connectivity index (χ0v) is 15.0. The van der Waals surface area contributed by atoms with Crippen LogP contribution in [-0.2, 0) is 12.8 Å². The van der Waals surface area contributed by atoms with E-state index in [4.69, 9.17) is 4.74 Å². The zero-order valence-electron chi connectivity index (χ0n) is 15.0. The molecule has 0 bridgehead atoms. The second-order valence-corrected chi connectivity index (χ2v) is 7.24. The Balaban J connectivity index is 1.57. The highest BCUT2D eigenvalue weighted by Crippen LogP contribution is 2.35. The molecule has 1 aromatic carbocycles. The number of nitrogens with zero attached hydrogens (tertiary/aromatic N) is 2. The molecule has 1 saturated heterocycles. The van der Waals surface area contributed by atoms with Crippen molar-refractivity contribution in [3.8, 4) is 17.0 Å². The molecule has 0 saturated carbocycles. The maximum atomic E-state index is 6.25. The second-order valence-electron chi connectivity index (χ2n) is 7.24. The number of rotatable bonds is 5. The molecule has 0 amide bonds. The van der Waals surface area contributed by atoms with Gasteiger partial charge in [-0.25, -0.2) is 0 Å². The third kappa shape index (κ3) is 3.87. The van der Waals surface area contributed by atoms with Crippen LogP contribution in [0.15, 0.2) is 36.5 Å². The van der Waals surface area contributed by atoms with Gasteiger partial charge >= 0.3 is 0 Å². The lowest BCUT2D eigenvalue weighted by Crippen LogP contribution is -2.25. The van der Waals surface area contributed by atoms with E-state index in [1.807, 2.05) is 12.3 Å². The van der Waals surface area contributed by atoms with Crippen LogP contribution in [0.3, 0.4) is 0 Å². The Bertz CT molecular complexity index is 693. The molecule has 0 unspecified atom stereocenters. The van der Waals surface area contributed by atoms with Crippen LogP contribution in [0, 0.1) is 0 Å². The van der Waals surface area contributed by atoms with Crippen molar-refractivity contribution in [2.45, 2.75) is 44.9 Å². The number of ether oxygens (including phenoxy) is 1. The fourth-order valence-electron chi connectivity index (χ4n) is 4.20. The van der Waals surface area contributed by atoms with Gasteiger partial charge in [-0.2, -0.15) is 0 Å². The van der Waals surface area contributed by atoms with E-state index in [9.17, 15) is 0 Å². The van der Waals surface area contributed by atoms with Gasteiger partial charge in [-0.05, 0) is 87.0 Å². The molecule has 1 aliphatic carbocycles. The van der Waals surface area contributed by atoms with E-state index < -0.39 is 0 Å². The van der Waals surface area contributed by atoms with Crippen LogP contribution in [0.1, 0.15) is 43.2 Å². The first kappa shape index (κ1) is 16.6. The maximum absolute atomic E-state index is 6.25. The van der Waals surface area contributed by atoms with E-state index >= 15 is 0 Å². The van der Waals surface area contributed by atoms with Gasteiger partial charge in [0.05, 0.1) is 5.69 Å². The van der Waals surface area contributed by atoms with Crippen molar-refractivity contribution in [1.29, 1.82) is 0 Å². The van der Waals surface area contributed by atoms with Crippen LogP contribution in [0.25, 0.3) is 11.3 Å². The number of hydrogen-bond donors (Lipinski definition) is 0. The first-order chi connectivity index (χ1) is 12.4. The van der Waals surface area contributed by atoms with Gasteiger partial charge in [0.1, 0.15) is 12.4 Å². The van der Waals surface area contributed by atoms with Gasteiger partial charge in [-0.1, -0.05) is 12.5 Å². The van der Waals surface area contributed by atoms with Gasteiger partial charge in [-0.15, -0.1) is 0 Å². The second kappa shape index (κ2) is 8.01. The summed E-state index contributed by atoms with van der Waals surface area (Å²) in [5.41, 5.74) is 5.28. The average Bonchev–Trinajstić information content (AvgIpc) is 3.05. The molecular weight excluding hydrogens is 308 g/mol. The molecule has 2 heterocycles. The normalized spacial score (nSPS) is 17.9. The third-order valence-corrected chi connectivity index (χ3v) is 5.55. The van der Waals surface area contributed by atoms with Crippen LogP contribution in [-0.4, -0.2) is 36.1 Å². The quantitative estimate of drug-likeness (QED) is 0.752. The van der Waals surface area contributed by atoms with Crippen molar-refractivity contribution >= 4 is 0 Å². The van der Waals surface area contributed by atoms with Crippen molar-refractivity contribution in [1.82, 2.24) is 9.88 Å². The Morgan fingerprint density at radius 3 is 2.52 bits per heavy atom. The number of benzene rings is 1. The molecule has 3 heteroatoms. The minimum absolute atomic E-state index is 0.801. The standard InChI is InChI=1S/C22H28N2O/c1-2-8-18-19(21-10-4-5-13-23-21)11-12-22(20(18)9-3-1)25-17-16-24-14-6-7-15-24/h4-5,10-13H,1-3,6-9,14-17H2. The van der Waals surface area contributed by atoms with Crippen LogP contribution >= 0.6 is 0 Å². The van der Waals surface area contributed by atoms with Crippen molar-refractivity contribution in [3.05, 3.63) is 47.7 Å². The lowest BCUT2D eigenvalue weighted by atomic mass is 9.94. The molecule has 0 radical (unpaired) electrons. The molecule has 1 fully saturated rings. The van der Waals surface area contributed by atoms with E-state index in [0.717, 1.165) is 37.4 Å². The maximum Gasteiger partial charge on any atom is 0.122 e. The first-order valence-electron chi connectivity index (χ1n) is 9.83. The first-order valence-corrected chi connectivity index (χ1v) is 9.83. The zero-order chi connectivity index (χ0) is 16.9. The summed E-state index contributed by atoms with van der Waals surface area (Å²) in [5, 5.41) is 0. The molecule has 0 N–H and O–H groups in total. The summed E-state index contributed by atoms with van der Waals surface area (Å²) in [6.45, 7) is 4.33. The van der Waals surface area contributed by atoms with Crippen LogP contribution < -0.4 is 4.74 Å². The molecule has 132 valence electrons. The number of hydrogen-bond acceptors (Lipinski definition) is 3. The predicted octanol–water partition coefficient (Wildman–Crippen LogP) is 4.49. The molecule has 2 aromatic rings.